The molecule has 2 aromatic carbocycles. The summed E-state index contributed by atoms with van der Waals surface area (Å²) in [6, 6.07) is 29.7. The van der Waals surface area contributed by atoms with Gasteiger partial charge in [-0.1, -0.05) is 17.7 Å². The van der Waals surface area contributed by atoms with E-state index in [9.17, 15) is 33.1 Å². The van der Waals surface area contributed by atoms with Crippen LogP contribution < -0.4 is 24.6 Å². The average molecular weight is 1460 g/mol. The summed E-state index contributed by atoms with van der Waals surface area (Å²) in [5.74, 6) is 0.0455. The van der Waals surface area contributed by atoms with Gasteiger partial charge in [-0.15, -0.1) is 0 Å². The van der Waals surface area contributed by atoms with Gasteiger partial charge in [0.2, 0.25) is 10.9 Å². The van der Waals surface area contributed by atoms with Crippen molar-refractivity contribution in [1.29, 1.82) is 0 Å². The zero-order valence-corrected chi connectivity index (χ0v) is 59.0. The molecule has 2 aliphatic heterocycles. The van der Waals surface area contributed by atoms with Crippen molar-refractivity contribution in [2.24, 2.45) is 0 Å². The maximum Gasteiger partial charge on any atom is -0.153 e. The molecule has 12 rings (SSSR count). The molecule has 10 heterocycles. The molecule has 0 aliphatic carbocycles. The normalized spacial score (nSPS) is 13.0. The van der Waals surface area contributed by atoms with Gasteiger partial charge in [-0.2, -0.15) is 9.90 Å². The van der Waals surface area contributed by atoms with Crippen molar-refractivity contribution in [3.8, 4) is 5.75 Å². The maximum absolute atomic E-state index is 13.1. The van der Waals surface area contributed by atoms with Gasteiger partial charge in [0.15, 0.2) is 0 Å². The number of aromatic nitrogens is 8. The third kappa shape index (κ3) is 18.6. The molecule has 3 unspecified atom stereocenters. The number of aliphatic hydroxyl groups excluding tert-OH is 1. The van der Waals surface area contributed by atoms with E-state index in [4.69, 9.17) is 13.2 Å². The number of aryl methyl sites for hydroxylation is 1. The van der Waals surface area contributed by atoms with Gasteiger partial charge in [0.1, 0.15) is 22.4 Å². The number of nitrogens with zero attached hydrogens (tertiary/aromatic N) is 8. The van der Waals surface area contributed by atoms with E-state index in [2.05, 4.69) is 66.0 Å². The number of benzene rings is 2. The summed E-state index contributed by atoms with van der Waals surface area (Å²) < 4.78 is 36.9. The Morgan fingerprint density at radius 3 is 1.68 bits per heavy atom. The summed E-state index contributed by atoms with van der Waals surface area (Å²) in [6.45, 7) is 21.1. The summed E-state index contributed by atoms with van der Waals surface area (Å²) in [5, 5.41) is 13.9. The van der Waals surface area contributed by atoms with Crippen molar-refractivity contribution in [2.75, 3.05) is 17.7 Å². The Morgan fingerprint density at radius 2 is 1.19 bits per heavy atom. The standard InChI is InChI=1S/C18H14FN3O2.C17H12FN3O3.C10H10N2O.C10H14N2.C7H14O.C5H6N2.H3P.H2S.Tl/c1-10-15-14(17(23)16-13(21-15)3-2-8-20-16)18(24)22(10)9-11-4-6-12(19)7-5-11;18-10-5-3-9(4-6-10)8-21-16(23)12-14(17(21)24)20-11-2-1-7-19-13(11)15(12)22;1-6-7(2)12-8-4-3-5-11-9(8)10(6)13;1-8(2)9(3)12-10-5-4-6-11-7-10;1-5-8-7(4)6(2)3;6-5-2-1-3-7-4-5;;;/h2-8,10H,9H2,1H3,(H,21,23);1-7,17,24H,8H2,(H,20,22);3-5H,1-2H3,(H,12,13);4-7,12H,1-3H3;5H2,1-4H3;1-4H,6H2;1H3;1H2;/q;;;;;;;;+1/p-2. The third-order valence-corrected chi connectivity index (χ3v) is 15.2. The molecule has 472 valence electrons. The smallest absolute Gasteiger partial charge is 0.153 e. The van der Waals surface area contributed by atoms with Crippen molar-refractivity contribution in [2.45, 2.75) is 94.6 Å². The molecule has 2 aliphatic rings. The number of nitrogens with one attached hydrogen (secondary N) is 3. The number of halogens is 2. The number of hydrogen-bond acceptors (Lipinski definition) is 16. The van der Waals surface area contributed by atoms with E-state index < -0.39 is 6.23 Å². The van der Waals surface area contributed by atoms with Gasteiger partial charge in [-0.3, -0.25) is 34.3 Å². The van der Waals surface area contributed by atoms with Gasteiger partial charge >= 0.3 is 159 Å². The number of aromatic amines is 2. The van der Waals surface area contributed by atoms with Crippen LogP contribution in [0.3, 0.4) is 0 Å². The first-order chi connectivity index (χ1) is 42.6. The molecule has 19 nitrogen and oxygen atoms in total. The molecule has 0 spiro atoms. The monoisotopic (exact) mass is 1460 g/mol. The van der Waals surface area contributed by atoms with Crippen LogP contribution in [0.2, 0.25) is 0 Å². The molecule has 0 radical (unpaired) electrons. The van der Waals surface area contributed by atoms with Crippen molar-refractivity contribution < 1.29 is 30.9 Å². The Balaban J connectivity index is 0.000000210. The van der Waals surface area contributed by atoms with Crippen molar-refractivity contribution >= 4 is 106 Å². The fourth-order valence-electron chi connectivity index (χ4n) is 8.92. The molecule has 10 aromatic rings. The predicted octanol–water partition coefficient (Wildman–Crippen LogP) is 11.8. The molecular formula is C67H73F2N12O7PSTl-. The largest absolute Gasteiger partial charge is 0.813 e. The van der Waals surface area contributed by atoms with E-state index in [1.807, 2.05) is 78.9 Å². The Hall–Kier alpha value is -8.84. The minimum Gasteiger partial charge on any atom is -0.813 e. The van der Waals surface area contributed by atoms with Gasteiger partial charge in [-0.25, -0.2) is 4.39 Å². The average Bonchev–Trinajstić information content (AvgIpc) is 1.63. The maximum atomic E-state index is 13.1. The second kappa shape index (κ2) is 34.4. The zero-order chi connectivity index (χ0) is 64.5. The molecule has 6 N–H and O–H groups in total. The van der Waals surface area contributed by atoms with Crippen LogP contribution in [0.1, 0.15) is 122 Å². The van der Waals surface area contributed by atoms with E-state index in [-0.39, 0.29) is 119 Å². The summed E-state index contributed by atoms with van der Waals surface area (Å²) in [6.07, 6.45) is 10.5. The quantitative estimate of drug-likeness (QED) is 0.0296. The van der Waals surface area contributed by atoms with Gasteiger partial charge in [0.25, 0.3) is 5.91 Å². The number of thiol groups is 1. The van der Waals surface area contributed by atoms with Gasteiger partial charge in [0, 0.05) is 54.5 Å². The molecule has 3 atom stereocenters. The molecule has 24 heteroatoms. The minimum atomic E-state index is -1.18. The Labute approximate surface area is 553 Å². The van der Waals surface area contributed by atoms with Crippen molar-refractivity contribution in [3.05, 3.63) is 252 Å². The first kappa shape index (κ1) is 72.9. The SMILES string of the molecule is CC(C)=C(C)Nc1cccnc1.CC1c2[nH]c3cccnc3c(=O)c2C(=O)N1Cc1ccc(F)cc1.CCOC(C)=C(C)C.Cc1[nH]c2cccnc2c(=O)c1C.Nc1cccnc1.O=C1c2c(nc3cccnc3c2[O][Tl])C(O)N1Cc1ccc(F)cc1.P.[SH-]. The predicted molar refractivity (Wildman–Crippen MR) is 362 cm³/mol. The number of allylic oxidation sites excluding steroid dienone is 4. The number of hydrogen-bond donors (Lipinski definition) is 5. The van der Waals surface area contributed by atoms with Crippen molar-refractivity contribution in [3.63, 3.8) is 0 Å². The van der Waals surface area contributed by atoms with E-state index in [1.54, 1.807) is 96.5 Å². The van der Waals surface area contributed by atoms with Crippen LogP contribution in [0.25, 0.3) is 33.1 Å². The number of anilines is 2. The zero-order valence-electron chi connectivity index (χ0n) is 52.2. The van der Waals surface area contributed by atoms with Crippen molar-refractivity contribution in [1.82, 2.24) is 49.7 Å². The molecule has 0 saturated carbocycles. The topological polar surface area (TPSA) is 260 Å². The second-order valence-corrected chi connectivity index (χ2v) is 21.8. The molecule has 91 heavy (non-hydrogen) atoms. The molecule has 0 bridgehead atoms. The number of nitrogen functional groups attached to an aromatic ring is 1. The molecule has 0 saturated heterocycles. The third-order valence-electron chi connectivity index (χ3n) is 14.3. The number of carbonyl (C=O) groups excluding carboxylic acids is 2. The van der Waals surface area contributed by atoms with Gasteiger partial charge in [0.05, 0.1) is 52.7 Å². The fourth-order valence-corrected chi connectivity index (χ4v) is 9.81. The summed E-state index contributed by atoms with van der Waals surface area (Å²) in [4.78, 5) is 83.7. The number of aliphatic hydroxyl groups is 1. The number of amides is 2. The number of ether oxygens (including phenoxy) is 1. The second-order valence-electron chi connectivity index (χ2n) is 20.9. The Morgan fingerprint density at radius 1 is 0.670 bits per heavy atom. The molecule has 2 amide bonds. The first-order valence-electron chi connectivity index (χ1n) is 28.3. The van der Waals surface area contributed by atoms with Gasteiger partial charge in [-0.05, 0) is 141 Å². The number of carbonyl (C=O) groups is 2. The van der Waals surface area contributed by atoms with Crippen LogP contribution in [0, 0.1) is 25.5 Å². The number of pyridine rings is 8. The van der Waals surface area contributed by atoms with Crippen LogP contribution in [-0.2, 0) is 31.3 Å². The summed E-state index contributed by atoms with van der Waals surface area (Å²) >= 11 is 0.151. The number of rotatable bonds is 9. The van der Waals surface area contributed by atoms with Crippen LogP contribution in [-0.4, -0.2) is 99.4 Å². The number of H-pyrrole nitrogens is 2. The van der Waals surface area contributed by atoms with Crippen LogP contribution >= 0.6 is 9.90 Å². The first-order valence-corrected chi connectivity index (χ1v) is 30.1. The van der Waals surface area contributed by atoms with Crippen LogP contribution in [0.4, 0.5) is 20.2 Å². The summed E-state index contributed by atoms with van der Waals surface area (Å²) in [7, 11) is 0. The van der Waals surface area contributed by atoms with E-state index >= 15 is 0 Å². The van der Waals surface area contributed by atoms with Crippen LogP contribution in [0.15, 0.2) is 185 Å². The summed E-state index contributed by atoms with van der Waals surface area (Å²) in [5.41, 5.74) is 18.2. The van der Waals surface area contributed by atoms with Gasteiger partial charge < -0.3 is 44.2 Å². The molecular weight excluding hydrogens is 1390 g/mol. The Kier molecular flexibility index (Phi) is 27.5. The van der Waals surface area contributed by atoms with Crippen LogP contribution in [0.5, 0.6) is 5.75 Å². The Bertz CT molecular complexity index is 4300. The number of fused-ring (bicyclic) bond motifs is 5. The molecule has 0 fully saturated rings. The minimum absolute atomic E-state index is 0. The van der Waals surface area contributed by atoms with E-state index in [1.165, 1.54) is 52.2 Å². The molecule has 8 aromatic heterocycles. The number of nitrogens with two attached hydrogens (primary N) is 1. The van der Waals surface area contributed by atoms with E-state index in [0.29, 0.717) is 51.3 Å². The fraction of sp³-hybridized carbons (Fsp3) is 0.224. The van der Waals surface area contributed by atoms with E-state index in [0.717, 1.165) is 40.4 Å².